The fraction of sp³-hybridized carbons (Fsp3) is 0.417. The van der Waals surface area contributed by atoms with Crippen molar-refractivity contribution in [3.8, 4) is 0 Å². The third-order valence-corrected chi connectivity index (χ3v) is 3.04. The summed E-state index contributed by atoms with van der Waals surface area (Å²) in [5, 5.41) is 6.35. The van der Waals surface area contributed by atoms with E-state index >= 15 is 0 Å². The van der Waals surface area contributed by atoms with Crippen LogP contribution in [0.5, 0.6) is 0 Å². The van der Waals surface area contributed by atoms with Crippen LogP contribution in [0.15, 0.2) is 18.2 Å². The lowest BCUT2D eigenvalue weighted by molar-refractivity contribution is 0.0926. The largest absolute Gasteiger partial charge is 0.348 e. The average Bonchev–Trinajstić information content (AvgIpc) is 2.33. The van der Waals surface area contributed by atoms with E-state index in [1.54, 1.807) is 0 Å². The summed E-state index contributed by atoms with van der Waals surface area (Å²) in [5.74, 6) is -0.950. The van der Waals surface area contributed by atoms with Crippen LogP contribution in [0.25, 0.3) is 0 Å². The van der Waals surface area contributed by atoms with Crippen LogP contribution < -0.4 is 10.6 Å². The molecule has 2 rings (SSSR count). The van der Waals surface area contributed by atoms with E-state index in [1.165, 1.54) is 18.2 Å². The number of piperidine rings is 1. The Hall–Kier alpha value is -1.13. The van der Waals surface area contributed by atoms with Crippen LogP contribution in [0.2, 0.25) is 5.02 Å². The van der Waals surface area contributed by atoms with Gasteiger partial charge in [0.05, 0.1) is 5.56 Å². The van der Waals surface area contributed by atoms with Crippen LogP contribution in [-0.4, -0.2) is 25.0 Å². The first-order valence-corrected chi connectivity index (χ1v) is 6.01. The van der Waals surface area contributed by atoms with Crippen LogP contribution >= 0.6 is 11.6 Å². The number of hydrogen-bond acceptors (Lipinski definition) is 2. The maximum Gasteiger partial charge on any atom is 0.254 e. The summed E-state index contributed by atoms with van der Waals surface area (Å²) in [5.41, 5.74) is 0.00285. The van der Waals surface area contributed by atoms with Crippen LogP contribution in [0.1, 0.15) is 23.2 Å². The number of carbonyl (C=O) groups is 1. The topological polar surface area (TPSA) is 41.1 Å². The normalized spacial score (nSPS) is 20.0. The van der Waals surface area contributed by atoms with Crippen molar-refractivity contribution >= 4 is 17.5 Å². The summed E-state index contributed by atoms with van der Waals surface area (Å²) in [6, 6.07) is 4.05. The molecule has 1 unspecified atom stereocenters. The fourth-order valence-corrected chi connectivity index (χ4v) is 2.08. The van der Waals surface area contributed by atoms with Gasteiger partial charge in [-0.15, -0.1) is 0 Å². The van der Waals surface area contributed by atoms with Crippen LogP contribution in [-0.2, 0) is 0 Å². The number of rotatable bonds is 2. The smallest absolute Gasteiger partial charge is 0.254 e. The quantitative estimate of drug-likeness (QED) is 0.849. The molecule has 1 aliphatic heterocycles. The van der Waals surface area contributed by atoms with Crippen molar-refractivity contribution in [1.82, 2.24) is 10.6 Å². The van der Waals surface area contributed by atoms with Gasteiger partial charge in [-0.3, -0.25) is 4.79 Å². The third kappa shape index (κ3) is 3.17. The molecule has 1 saturated heterocycles. The highest BCUT2D eigenvalue weighted by Crippen LogP contribution is 2.15. The van der Waals surface area contributed by atoms with Gasteiger partial charge in [-0.25, -0.2) is 4.39 Å². The van der Waals surface area contributed by atoms with Gasteiger partial charge in [0.2, 0.25) is 0 Å². The van der Waals surface area contributed by atoms with Crippen molar-refractivity contribution in [2.45, 2.75) is 18.9 Å². The van der Waals surface area contributed by atoms with Crippen LogP contribution in [0.3, 0.4) is 0 Å². The second kappa shape index (κ2) is 5.47. The van der Waals surface area contributed by atoms with Crippen molar-refractivity contribution in [3.05, 3.63) is 34.6 Å². The molecule has 0 spiro atoms. The predicted octanol–water partition coefficient (Wildman–Crippen LogP) is 1.96. The van der Waals surface area contributed by atoms with Crippen molar-refractivity contribution < 1.29 is 9.18 Å². The van der Waals surface area contributed by atoms with E-state index in [-0.39, 0.29) is 11.6 Å². The molecule has 0 saturated carbocycles. The number of hydrogen-bond donors (Lipinski definition) is 2. The van der Waals surface area contributed by atoms with Crippen molar-refractivity contribution in [2.24, 2.45) is 0 Å². The third-order valence-electron chi connectivity index (χ3n) is 2.81. The second-order valence-electron chi connectivity index (χ2n) is 4.14. The molecule has 0 aliphatic carbocycles. The van der Waals surface area contributed by atoms with Crippen LogP contribution in [0.4, 0.5) is 4.39 Å². The van der Waals surface area contributed by atoms with E-state index in [2.05, 4.69) is 10.6 Å². The Labute approximate surface area is 104 Å². The molecule has 0 bridgehead atoms. The molecule has 0 radical (unpaired) electrons. The molecule has 1 aromatic rings. The molecule has 1 amide bonds. The van der Waals surface area contributed by atoms with E-state index in [9.17, 15) is 9.18 Å². The lowest BCUT2D eigenvalue weighted by Gasteiger charge is -2.23. The van der Waals surface area contributed by atoms with E-state index in [0.717, 1.165) is 25.9 Å². The number of halogens is 2. The van der Waals surface area contributed by atoms with Crippen molar-refractivity contribution in [2.75, 3.05) is 13.1 Å². The van der Waals surface area contributed by atoms with E-state index < -0.39 is 11.7 Å². The second-order valence-corrected chi connectivity index (χ2v) is 4.58. The highest BCUT2D eigenvalue weighted by atomic mass is 35.5. The number of nitrogens with one attached hydrogen (secondary N) is 2. The first-order chi connectivity index (χ1) is 8.16. The zero-order chi connectivity index (χ0) is 12.3. The Morgan fingerprint density at radius 2 is 2.35 bits per heavy atom. The first kappa shape index (κ1) is 12.3. The zero-order valence-corrected chi connectivity index (χ0v) is 10.1. The van der Waals surface area contributed by atoms with Gasteiger partial charge in [-0.2, -0.15) is 0 Å². The molecule has 1 heterocycles. The molecule has 92 valence electrons. The SMILES string of the molecule is O=C(NC1CCCNC1)c1cc(Cl)ccc1F. The molecule has 0 aromatic heterocycles. The van der Waals surface area contributed by atoms with Gasteiger partial charge in [-0.1, -0.05) is 11.6 Å². The summed E-state index contributed by atoms with van der Waals surface area (Å²) in [6.07, 6.45) is 1.93. The van der Waals surface area contributed by atoms with E-state index in [0.29, 0.717) is 5.02 Å². The summed E-state index contributed by atoms with van der Waals surface area (Å²) in [4.78, 5) is 11.8. The molecule has 2 N–H and O–H groups in total. The summed E-state index contributed by atoms with van der Waals surface area (Å²) in [7, 11) is 0. The number of amides is 1. The molecular weight excluding hydrogens is 243 g/mol. The maximum atomic E-state index is 13.4. The fourth-order valence-electron chi connectivity index (χ4n) is 1.91. The minimum Gasteiger partial charge on any atom is -0.348 e. The van der Waals surface area contributed by atoms with Gasteiger partial charge in [0.1, 0.15) is 5.82 Å². The minimum atomic E-state index is -0.546. The Balaban J connectivity index is 2.05. The molecule has 17 heavy (non-hydrogen) atoms. The molecule has 5 heteroatoms. The first-order valence-electron chi connectivity index (χ1n) is 5.63. The molecule has 1 fully saturated rings. The summed E-state index contributed by atoms with van der Waals surface area (Å²) >= 11 is 5.74. The molecule has 3 nitrogen and oxygen atoms in total. The van der Waals surface area contributed by atoms with E-state index in [1.807, 2.05) is 0 Å². The van der Waals surface area contributed by atoms with Gasteiger partial charge < -0.3 is 10.6 Å². The van der Waals surface area contributed by atoms with Gasteiger partial charge in [-0.05, 0) is 37.6 Å². The van der Waals surface area contributed by atoms with Gasteiger partial charge in [0.25, 0.3) is 5.91 Å². The number of benzene rings is 1. The molecule has 1 aliphatic rings. The maximum absolute atomic E-state index is 13.4. The Kier molecular flexibility index (Phi) is 3.97. The van der Waals surface area contributed by atoms with Gasteiger partial charge in [0.15, 0.2) is 0 Å². The minimum absolute atomic E-state index is 0.00285. The number of carbonyl (C=O) groups excluding carboxylic acids is 1. The Morgan fingerprint density at radius 3 is 3.06 bits per heavy atom. The van der Waals surface area contributed by atoms with Crippen molar-refractivity contribution in [3.63, 3.8) is 0 Å². The monoisotopic (exact) mass is 256 g/mol. The van der Waals surface area contributed by atoms with Crippen LogP contribution in [0, 0.1) is 5.82 Å². The lowest BCUT2D eigenvalue weighted by atomic mass is 10.1. The van der Waals surface area contributed by atoms with E-state index in [4.69, 9.17) is 11.6 Å². The summed E-state index contributed by atoms with van der Waals surface area (Å²) in [6.45, 7) is 1.70. The lowest BCUT2D eigenvalue weighted by Crippen LogP contribution is -2.45. The Morgan fingerprint density at radius 1 is 1.53 bits per heavy atom. The van der Waals surface area contributed by atoms with Gasteiger partial charge >= 0.3 is 0 Å². The average molecular weight is 257 g/mol. The van der Waals surface area contributed by atoms with Crippen molar-refractivity contribution in [1.29, 1.82) is 0 Å². The molecule has 1 aromatic carbocycles. The standard InChI is InChI=1S/C12H14ClFN2O/c13-8-3-4-11(14)10(6-8)12(17)16-9-2-1-5-15-7-9/h3-4,6,9,15H,1-2,5,7H2,(H,16,17). The van der Waals surface area contributed by atoms with Gasteiger partial charge in [0, 0.05) is 17.6 Å². The summed E-state index contributed by atoms with van der Waals surface area (Å²) < 4.78 is 13.4. The highest BCUT2D eigenvalue weighted by molar-refractivity contribution is 6.31. The molecular formula is C12H14ClFN2O. The zero-order valence-electron chi connectivity index (χ0n) is 9.30. The Bertz CT molecular complexity index is 419. The highest BCUT2D eigenvalue weighted by Gasteiger charge is 2.18. The molecule has 1 atom stereocenters. The predicted molar refractivity (Wildman–Crippen MR) is 64.8 cm³/mol.